The van der Waals surface area contributed by atoms with Crippen LogP contribution in [0.1, 0.15) is 6.92 Å². The summed E-state index contributed by atoms with van der Waals surface area (Å²) in [4.78, 5) is 0. The van der Waals surface area contributed by atoms with Crippen LogP contribution >= 0.6 is 0 Å². The van der Waals surface area contributed by atoms with Gasteiger partial charge >= 0.3 is 0 Å². The van der Waals surface area contributed by atoms with E-state index < -0.39 is 0 Å². The van der Waals surface area contributed by atoms with Gasteiger partial charge in [-0.05, 0) is 43.3 Å². The largest absolute Gasteiger partial charge is 0.476 e. The van der Waals surface area contributed by atoms with Crippen LogP contribution < -0.4 is 15.8 Å². The van der Waals surface area contributed by atoms with Crippen LogP contribution in [0.5, 0.6) is 5.75 Å². The van der Waals surface area contributed by atoms with E-state index in [2.05, 4.69) is 5.32 Å². The predicted octanol–water partition coefficient (Wildman–Crippen LogP) is 3.11. The van der Waals surface area contributed by atoms with Crippen LogP contribution in [0, 0.1) is 0 Å². The molecule has 0 saturated heterocycles. The molecule has 88 valence electrons. The standard InChI is InChI=1S/C14H16N2O/c1-11(15)17-14-9-7-13(8-10-14)16-12-5-3-2-4-6-12/h2-11,16H,15H2,1H3. The topological polar surface area (TPSA) is 47.3 Å². The molecule has 0 aliphatic carbocycles. The van der Waals surface area contributed by atoms with Crippen molar-refractivity contribution in [1.29, 1.82) is 0 Å². The number of anilines is 2. The van der Waals surface area contributed by atoms with E-state index in [1.54, 1.807) is 6.92 Å². The molecule has 0 bridgehead atoms. The smallest absolute Gasteiger partial charge is 0.144 e. The van der Waals surface area contributed by atoms with Crippen molar-refractivity contribution >= 4 is 11.4 Å². The molecule has 0 saturated carbocycles. The highest BCUT2D eigenvalue weighted by molar-refractivity contribution is 5.59. The van der Waals surface area contributed by atoms with Crippen molar-refractivity contribution in [2.45, 2.75) is 13.2 Å². The minimum Gasteiger partial charge on any atom is -0.476 e. The lowest BCUT2D eigenvalue weighted by Crippen LogP contribution is -2.22. The molecular formula is C14H16N2O. The zero-order valence-corrected chi connectivity index (χ0v) is 9.76. The number of ether oxygens (including phenoxy) is 1. The van der Waals surface area contributed by atoms with Crippen LogP contribution in [0.2, 0.25) is 0 Å². The fourth-order valence-electron chi connectivity index (χ4n) is 1.52. The molecule has 3 heteroatoms. The Morgan fingerprint density at radius 3 is 2.12 bits per heavy atom. The molecule has 2 rings (SSSR count). The summed E-state index contributed by atoms with van der Waals surface area (Å²) >= 11 is 0. The highest BCUT2D eigenvalue weighted by atomic mass is 16.5. The minimum absolute atomic E-state index is 0.289. The summed E-state index contributed by atoms with van der Waals surface area (Å²) < 4.78 is 5.37. The van der Waals surface area contributed by atoms with Gasteiger partial charge in [0.1, 0.15) is 12.0 Å². The van der Waals surface area contributed by atoms with Crippen molar-refractivity contribution in [3.63, 3.8) is 0 Å². The quantitative estimate of drug-likeness (QED) is 0.790. The summed E-state index contributed by atoms with van der Waals surface area (Å²) in [7, 11) is 0. The fourth-order valence-corrected chi connectivity index (χ4v) is 1.52. The number of benzene rings is 2. The van der Waals surface area contributed by atoms with Gasteiger partial charge in [-0.1, -0.05) is 18.2 Å². The average Bonchev–Trinajstić information content (AvgIpc) is 2.32. The van der Waals surface area contributed by atoms with Crippen LogP contribution in [0.3, 0.4) is 0 Å². The lowest BCUT2D eigenvalue weighted by atomic mass is 10.2. The molecule has 0 heterocycles. The maximum atomic E-state index is 5.55. The number of para-hydroxylation sites is 1. The number of hydrogen-bond donors (Lipinski definition) is 2. The van der Waals surface area contributed by atoms with E-state index in [1.165, 1.54) is 0 Å². The molecule has 2 aromatic rings. The third kappa shape index (κ3) is 3.50. The summed E-state index contributed by atoms with van der Waals surface area (Å²) in [6, 6.07) is 17.7. The second-order valence-electron chi connectivity index (χ2n) is 3.84. The zero-order chi connectivity index (χ0) is 12.1. The molecule has 0 aromatic heterocycles. The molecule has 0 spiro atoms. The normalized spacial score (nSPS) is 11.9. The first-order chi connectivity index (χ1) is 8.24. The number of nitrogens with one attached hydrogen (secondary N) is 1. The Morgan fingerprint density at radius 1 is 0.941 bits per heavy atom. The van der Waals surface area contributed by atoms with E-state index in [-0.39, 0.29) is 6.23 Å². The number of rotatable bonds is 4. The molecule has 0 aliphatic heterocycles. The van der Waals surface area contributed by atoms with Crippen molar-refractivity contribution in [3.05, 3.63) is 54.6 Å². The van der Waals surface area contributed by atoms with E-state index in [4.69, 9.17) is 10.5 Å². The van der Waals surface area contributed by atoms with Gasteiger partial charge in [-0.3, -0.25) is 5.73 Å². The second kappa shape index (κ2) is 5.37. The van der Waals surface area contributed by atoms with Gasteiger partial charge in [0, 0.05) is 11.4 Å². The van der Waals surface area contributed by atoms with Crippen LogP contribution in [-0.2, 0) is 0 Å². The second-order valence-corrected chi connectivity index (χ2v) is 3.84. The Hall–Kier alpha value is -2.00. The molecule has 1 unspecified atom stereocenters. The summed E-state index contributed by atoms with van der Waals surface area (Å²) in [5, 5.41) is 3.30. The third-order valence-corrected chi connectivity index (χ3v) is 2.24. The average molecular weight is 228 g/mol. The van der Waals surface area contributed by atoms with Gasteiger partial charge < -0.3 is 10.1 Å². The molecule has 0 amide bonds. The Bertz CT molecular complexity index is 451. The van der Waals surface area contributed by atoms with Gasteiger partial charge in [0.15, 0.2) is 0 Å². The Kier molecular flexibility index (Phi) is 3.62. The van der Waals surface area contributed by atoms with E-state index in [9.17, 15) is 0 Å². The molecular weight excluding hydrogens is 212 g/mol. The Balaban J connectivity index is 2.03. The molecule has 0 fully saturated rings. The van der Waals surface area contributed by atoms with Crippen LogP contribution in [0.4, 0.5) is 11.4 Å². The van der Waals surface area contributed by atoms with Crippen LogP contribution in [-0.4, -0.2) is 6.23 Å². The van der Waals surface area contributed by atoms with Gasteiger partial charge in [0.2, 0.25) is 0 Å². The monoisotopic (exact) mass is 228 g/mol. The predicted molar refractivity (Wildman–Crippen MR) is 70.4 cm³/mol. The SMILES string of the molecule is CC(N)Oc1ccc(Nc2ccccc2)cc1. The van der Waals surface area contributed by atoms with Crippen LogP contribution in [0.15, 0.2) is 54.6 Å². The number of hydrogen-bond acceptors (Lipinski definition) is 3. The molecule has 3 N–H and O–H groups in total. The van der Waals surface area contributed by atoms with Gasteiger partial charge in [0.05, 0.1) is 0 Å². The maximum Gasteiger partial charge on any atom is 0.144 e. The van der Waals surface area contributed by atoms with E-state index in [0.29, 0.717) is 0 Å². The first kappa shape index (κ1) is 11.5. The van der Waals surface area contributed by atoms with Crippen molar-refractivity contribution in [1.82, 2.24) is 0 Å². The summed E-state index contributed by atoms with van der Waals surface area (Å²) in [5.41, 5.74) is 7.63. The molecule has 2 aromatic carbocycles. The van der Waals surface area contributed by atoms with Crippen molar-refractivity contribution in [3.8, 4) is 5.75 Å². The minimum atomic E-state index is -0.289. The Labute approximate surface area is 101 Å². The van der Waals surface area contributed by atoms with E-state index in [1.807, 2.05) is 54.6 Å². The summed E-state index contributed by atoms with van der Waals surface area (Å²) in [6.45, 7) is 1.80. The summed E-state index contributed by atoms with van der Waals surface area (Å²) in [5.74, 6) is 0.776. The first-order valence-corrected chi connectivity index (χ1v) is 5.58. The van der Waals surface area contributed by atoms with Crippen molar-refractivity contribution in [2.75, 3.05) is 5.32 Å². The maximum absolute atomic E-state index is 5.55. The van der Waals surface area contributed by atoms with E-state index in [0.717, 1.165) is 17.1 Å². The van der Waals surface area contributed by atoms with Gasteiger partial charge in [-0.15, -0.1) is 0 Å². The van der Waals surface area contributed by atoms with Gasteiger partial charge in [-0.2, -0.15) is 0 Å². The summed E-state index contributed by atoms with van der Waals surface area (Å²) in [6.07, 6.45) is -0.289. The van der Waals surface area contributed by atoms with Crippen LogP contribution in [0.25, 0.3) is 0 Å². The number of nitrogens with two attached hydrogens (primary N) is 1. The third-order valence-electron chi connectivity index (χ3n) is 2.24. The van der Waals surface area contributed by atoms with Crippen molar-refractivity contribution < 1.29 is 4.74 Å². The zero-order valence-electron chi connectivity index (χ0n) is 9.76. The Morgan fingerprint density at radius 2 is 1.53 bits per heavy atom. The lowest BCUT2D eigenvalue weighted by molar-refractivity contribution is 0.230. The van der Waals surface area contributed by atoms with Gasteiger partial charge in [-0.25, -0.2) is 0 Å². The molecule has 17 heavy (non-hydrogen) atoms. The van der Waals surface area contributed by atoms with E-state index >= 15 is 0 Å². The highest BCUT2D eigenvalue weighted by Gasteiger charge is 1.98. The van der Waals surface area contributed by atoms with Crippen molar-refractivity contribution in [2.24, 2.45) is 5.73 Å². The molecule has 3 nitrogen and oxygen atoms in total. The molecule has 1 atom stereocenters. The molecule has 0 radical (unpaired) electrons. The van der Waals surface area contributed by atoms with Gasteiger partial charge in [0.25, 0.3) is 0 Å². The first-order valence-electron chi connectivity index (χ1n) is 5.58. The lowest BCUT2D eigenvalue weighted by Gasteiger charge is -2.11. The molecule has 0 aliphatic rings. The fraction of sp³-hybridized carbons (Fsp3) is 0.143. The highest BCUT2D eigenvalue weighted by Crippen LogP contribution is 2.19.